The van der Waals surface area contributed by atoms with Gasteiger partial charge < -0.3 is 15.1 Å². The molecule has 2 heterocycles. The zero-order valence-electron chi connectivity index (χ0n) is 6.57. The first kappa shape index (κ1) is 8.88. The molecule has 0 spiro atoms. The van der Waals surface area contributed by atoms with Crippen molar-refractivity contribution in [2.45, 2.75) is 0 Å². The smallest absolute Gasteiger partial charge is 0.358 e. The van der Waals surface area contributed by atoms with Crippen molar-refractivity contribution in [2.24, 2.45) is 0 Å². The quantitative estimate of drug-likeness (QED) is 0.586. The normalized spacial score (nSPS) is 10.6. The van der Waals surface area contributed by atoms with Gasteiger partial charge in [0.25, 0.3) is 5.65 Å². The fourth-order valence-corrected chi connectivity index (χ4v) is 1.52. The molecule has 0 aromatic carbocycles. The Morgan fingerprint density at radius 3 is 2.86 bits per heavy atom. The fraction of sp³-hybridized carbons (Fsp3) is 0. The van der Waals surface area contributed by atoms with E-state index in [2.05, 4.69) is 30.9 Å². The average molecular weight is 259 g/mol. The molecule has 0 atom stereocenters. The maximum absolute atomic E-state index is 10.8. The summed E-state index contributed by atoms with van der Waals surface area (Å²) in [6.45, 7) is 0. The Morgan fingerprint density at radius 1 is 1.50 bits per heavy atom. The van der Waals surface area contributed by atoms with Crippen LogP contribution in [0.1, 0.15) is 0 Å². The molecule has 0 fully saturated rings. The van der Waals surface area contributed by atoms with E-state index in [1.54, 1.807) is 0 Å². The van der Waals surface area contributed by atoms with Crippen molar-refractivity contribution in [3.05, 3.63) is 31.1 Å². The molecular formula is C6H3BrN4O3. The maximum atomic E-state index is 10.8. The van der Waals surface area contributed by atoms with Gasteiger partial charge in [0.1, 0.15) is 9.99 Å². The molecule has 0 bridgehead atoms. The van der Waals surface area contributed by atoms with E-state index in [9.17, 15) is 14.9 Å². The van der Waals surface area contributed by atoms with Crippen molar-refractivity contribution >= 4 is 32.9 Å². The number of pyridine rings is 1. The number of hydrogen-bond donors (Lipinski definition) is 2. The van der Waals surface area contributed by atoms with E-state index in [-0.39, 0.29) is 15.9 Å². The highest BCUT2D eigenvalue weighted by atomic mass is 79.9. The molecule has 0 saturated heterocycles. The standard InChI is InChI=1S/C6H3BrN4O3/c7-2-1-3-4(10-6(12)8-3)9-5(2)11(13)14/h1H,(H2,8,9,10,12). The molecule has 14 heavy (non-hydrogen) atoms. The number of aromatic nitrogens is 3. The van der Waals surface area contributed by atoms with Gasteiger partial charge in [0.05, 0.1) is 0 Å². The summed E-state index contributed by atoms with van der Waals surface area (Å²) in [6.07, 6.45) is 0. The number of halogens is 1. The Hall–Kier alpha value is -1.70. The SMILES string of the molecule is O=c1[nH]c2cc(Br)c([N+](=O)[O-])nc2[nH]1. The topological polar surface area (TPSA) is 105 Å². The zero-order chi connectivity index (χ0) is 10.3. The van der Waals surface area contributed by atoms with E-state index in [1.165, 1.54) is 6.07 Å². The first-order chi connectivity index (χ1) is 6.58. The number of nitrogens with zero attached hydrogens (tertiary/aromatic N) is 2. The second-order valence-corrected chi connectivity index (χ2v) is 3.38. The van der Waals surface area contributed by atoms with Crippen LogP contribution in [0.2, 0.25) is 0 Å². The molecule has 0 aliphatic rings. The number of fused-ring (bicyclic) bond motifs is 1. The minimum atomic E-state index is -0.630. The monoisotopic (exact) mass is 258 g/mol. The predicted octanol–water partition coefficient (Wildman–Crippen LogP) is 0.922. The Morgan fingerprint density at radius 2 is 2.21 bits per heavy atom. The summed E-state index contributed by atoms with van der Waals surface area (Å²) in [7, 11) is 0. The van der Waals surface area contributed by atoms with Crippen LogP contribution in [-0.4, -0.2) is 19.9 Å². The molecular weight excluding hydrogens is 256 g/mol. The molecule has 0 aliphatic carbocycles. The van der Waals surface area contributed by atoms with Crippen molar-refractivity contribution in [2.75, 3.05) is 0 Å². The third-order valence-corrected chi connectivity index (χ3v) is 2.19. The summed E-state index contributed by atoms with van der Waals surface area (Å²) in [6, 6.07) is 1.43. The Kier molecular flexibility index (Phi) is 1.84. The fourth-order valence-electron chi connectivity index (χ4n) is 1.06. The van der Waals surface area contributed by atoms with Crippen LogP contribution in [0.15, 0.2) is 15.3 Å². The molecule has 2 rings (SSSR count). The summed E-state index contributed by atoms with van der Waals surface area (Å²) in [5.74, 6) is -0.326. The van der Waals surface area contributed by atoms with Crippen LogP contribution >= 0.6 is 15.9 Å². The number of rotatable bonds is 1. The van der Waals surface area contributed by atoms with Crippen LogP contribution in [0, 0.1) is 10.1 Å². The first-order valence-corrected chi connectivity index (χ1v) is 4.30. The number of imidazole rings is 1. The van der Waals surface area contributed by atoms with Gasteiger partial charge in [-0.15, -0.1) is 0 Å². The Labute approximate surface area is 84.4 Å². The van der Waals surface area contributed by atoms with Gasteiger partial charge in [-0.25, -0.2) is 4.79 Å². The number of hydrogen-bond acceptors (Lipinski definition) is 4. The van der Waals surface area contributed by atoms with Crippen molar-refractivity contribution in [1.82, 2.24) is 15.0 Å². The highest BCUT2D eigenvalue weighted by Crippen LogP contribution is 2.24. The molecule has 0 amide bonds. The summed E-state index contributed by atoms with van der Waals surface area (Å²) < 4.78 is 0.227. The lowest BCUT2D eigenvalue weighted by Gasteiger charge is -1.93. The van der Waals surface area contributed by atoms with E-state index < -0.39 is 10.6 Å². The third-order valence-electron chi connectivity index (χ3n) is 1.61. The van der Waals surface area contributed by atoms with E-state index in [4.69, 9.17) is 0 Å². The number of nitrogens with one attached hydrogen (secondary N) is 2. The molecule has 2 N–H and O–H groups in total. The minimum Gasteiger partial charge on any atom is -0.358 e. The molecule has 2 aromatic heterocycles. The highest BCUT2D eigenvalue weighted by Gasteiger charge is 2.17. The van der Waals surface area contributed by atoms with Gasteiger partial charge in [0, 0.05) is 0 Å². The van der Waals surface area contributed by atoms with Gasteiger partial charge in [-0.1, -0.05) is 0 Å². The van der Waals surface area contributed by atoms with Gasteiger partial charge in [0.2, 0.25) is 0 Å². The van der Waals surface area contributed by atoms with Crippen molar-refractivity contribution in [1.29, 1.82) is 0 Å². The van der Waals surface area contributed by atoms with Crippen molar-refractivity contribution in [3.63, 3.8) is 0 Å². The molecule has 0 unspecified atom stereocenters. The Bertz CT molecular complexity index is 572. The van der Waals surface area contributed by atoms with Crippen molar-refractivity contribution in [3.8, 4) is 0 Å². The first-order valence-electron chi connectivity index (χ1n) is 3.51. The van der Waals surface area contributed by atoms with Gasteiger partial charge in [-0.05, 0) is 31.9 Å². The second kappa shape index (κ2) is 2.91. The summed E-state index contributed by atoms with van der Waals surface area (Å²) in [5, 5.41) is 10.5. The number of aromatic amines is 2. The summed E-state index contributed by atoms with van der Waals surface area (Å²) >= 11 is 2.99. The van der Waals surface area contributed by atoms with Gasteiger partial charge in [-0.2, -0.15) is 0 Å². The van der Waals surface area contributed by atoms with Crippen molar-refractivity contribution < 1.29 is 4.92 Å². The van der Waals surface area contributed by atoms with Gasteiger partial charge in [0.15, 0.2) is 0 Å². The largest absolute Gasteiger partial charge is 0.380 e. The maximum Gasteiger partial charge on any atom is 0.380 e. The number of nitro groups is 1. The third kappa shape index (κ3) is 1.29. The van der Waals surface area contributed by atoms with Crippen LogP contribution in [0.4, 0.5) is 5.82 Å². The summed E-state index contributed by atoms with van der Waals surface area (Å²) in [5.41, 5.74) is 0.150. The lowest BCUT2D eigenvalue weighted by molar-refractivity contribution is -0.390. The molecule has 0 radical (unpaired) electrons. The highest BCUT2D eigenvalue weighted by molar-refractivity contribution is 9.10. The van der Waals surface area contributed by atoms with E-state index >= 15 is 0 Å². The lowest BCUT2D eigenvalue weighted by atomic mass is 10.4. The zero-order valence-corrected chi connectivity index (χ0v) is 8.16. The predicted molar refractivity (Wildman–Crippen MR) is 51.1 cm³/mol. The summed E-state index contributed by atoms with van der Waals surface area (Å²) in [4.78, 5) is 29.1. The van der Waals surface area contributed by atoms with E-state index in [0.29, 0.717) is 5.52 Å². The second-order valence-electron chi connectivity index (χ2n) is 2.53. The molecule has 72 valence electrons. The van der Waals surface area contributed by atoms with E-state index in [0.717, 1.165) is 0 Å². The van der Waals surface area contributed by atoms with Gasteiger partial charge >= 0.3 is 11.5 Å². The molecule has 8 heteroatoms. The molecule has 0 aliphatic heterocycles. The number of H-pyrrole nitrogens is 2. The van der Waals surface area contributed by atoms with Crippen LogP contribution in [0.5, 0.6) is 0 Å². The molecule has 7 nitrogen and oxygen atoms in total. The minimum absolute atomic E-state index is 0.171. The lowest BCUT2D eigenvalue weighted by Crippen LogP contribution is -1.99. The molecule has 0 saturated carbocycles. The van der Waals surface area contributed by atoms with E-state index in [1.807, 2.05) is 0 Å². The average Bonchev–Trinajstić information content (AvgIpc) is 2.42. The van der Waals surface area contributed by atoms with Crippen LogP contribution in [-0.2, 0) is 0 Å². The molecule has 2 aromatic rings. The van der Waals surface area contributed by atoms with Crippen LogP contribution in [0.25, 0.3) is 11.2 Å². The Balaban J connectivity index is 2.82. The van der Waals surface area contributed by atoms with Crippen LogP contribution < -0.4 is 5.69 Å². The van der Waals surface area contributed by atoms with Gasteiger partial charge in [-0.3, -0.25) is 4.98 Å². The van der Waals surface area contributed by atoms with Crippen LogP contribution in [0.3, 0.4) is 0 Å².